The Hall–Kier alpha value is -3.55. The van der Waals surface area contributed by atoms with Gasteiger partial charge in [-0.15, -0.1) is 0 Å². The van der Waals surface area contributed by atoms with Crippen molar-refractivity contribution in [2.75, 3.05) is 6.61 Å². The van der Waals surface area contributed by atoms with Gasteiger partial charge in [0.1, 0.15) is 12.4 Å². The van der Waals surface area contributed by atoms with E-state index in [0.29, 0.717) is 46.9 Å². The van der Waals surface area contributed by atoms with E-state index in [2.05, 4.69) is 10.6 Å². The summed E-state index contributed by atoms with van der Waals surface area (Å²) in [6.45, 7) is 7.62. The second-order valence-corrected chi connectivity index (χ2v) is 7.75. The molecular formula is C25H29FN2O5. The molecule has 3 rings (SSSR count). The third-order valence-corrected chi connectivity index (χ3v) is 5.01. The lowest BCUT2D eigenvalue weighted by atomic mass is 9.94. The summed E-state index contributed by atoms with van der Waals surface area (Å²) in [5, 5.41) is 5.50. The van der Waals surface area contributed by atoms with E-state index in [1.54, 1.807) is 50.2 Å². The van der Waals surface area contributed by atoms with Crippen molar-refractivity contribution in [1.29, 1.82) is 0 Å². The quantitative estimate of drug-likeness (QED) is 0.531. The number of hydrogen-bond acceptors (Lipinski definition) is 5. The number of carbonyl (C=O) groups is 2. The molecule has 0 aromatic heterocycles. The topological polar surface area (TPSA) is 85.9 Å². The maximum absolute atomic E-state index is 14.0. The van der Waals surface area contributed by atoms with Crippen LogP contribution in [0.3, 0.4) is 0 Å². The molecule has 33 heavy (non-hydrogen) atoms. The SMILES string of the molecule is CCOc1cc(C2NC(=O)NC(CC)=C2C(=O)OC(C)C)ccc1OCc1ccccc1F. The van der Waals surface area contributed by atoms with Gasteiger partial charge in [-0.1, -0.05) is 31.2 Å². The zero-order chi connectivity index (χ0) is 24.0. The van der Waals surface area contributed by atoms with Crippen molar-refractivity contribution in [3.63, 3.8) is 0 Å². The summed E-state index contributed by atoms with van der Waals surface area (Å²) in [5.74, 6) is -0.00362. The first kappa shape index (κ1) is 24.1. The fraction of sp³-hybridized carbons (Fsp3) is 0.360. The Balaban J connectivity index is 1.94. The van der Waals surface area contributed by atoms with E-state index in [0.717, 1.165) is 0 Å². The maximum Gasteiger partial charge on any atom is 0.338 e. The molecule has 1 unspecified atom stereocenters. The van der Waals surface area contributed by atoms with Crippen molar-refractivity contribution in [3.05, 3.63) is 70.7 Å². The zero-order valence-corrected chi connectivity index (χ0v) is 19.2. The largest absolute Gasteiger partial charge is 0.490 e. The molecular weight excluding hydrogens is 427 g/mol. The highest BCUT2D eigenvalue weighted by Crippen LogP contribution is 2.36. The number of nitrogens with one attached hydrogen (secondary N) is 2. The molecule has 176 valence electrons. The molecule has 0 fully saturated rings. The summed E-state index contributed by atoms with van der Waals surface area (Å²) in [4.78, 5) is 25.1. The number of amides is 2. The molecule has 0 bridgehead atoms. The third-order valence-electron chi connectivity index (χ3n) is 5.01. The van der Waals surface area contributed by atoms with Crippen LogP contribution in [0.5, 0.6) is 11.5 Å². The van der Waals surface area contributed by atoms with E-state index >= 15 is 0 Å². The van der Waals surface area contributed by atoms with E-state index in [4.69, 9.17) is 14.2 Å². The Bertz CT molecular complexity index is 1050. The van der Waals surface area contributed by atoms with Crippen LogP contribution in [0.25, 0.3) is 0 Å². The van der Waals surface area contributed by atoms with Crippen molar-refractivity contribution in [1.82, 2.24) is 10.6 Å². The summed E-state index contributed by atoms with van der Waals surface area (Å²) >= 11 is 0. The minimum absolute atomic E-state index is 0.0298. The molecule has 2 N–H and O–H groups in total. The first-order valence-electron chi connectivity index (χ1n) is 11.0. The number of urea groups is 1. The Morgan fingerprint density at radius 1 is 1.09 bits per heavy atom. The predicted octanol–water partition coefficient (Wildman–Crippen LogP) is 4.77. The molecule has 0 aliphatic carbocycles. The standard InChI is InChI=1S/C25H29FN2O5/c1-5-19-22(24(29)33-15(3)4)23(28-25(30)27-19)16-11-12-20(21(13-16)31-6-2)32-14-17-9-7-8-10-18(17)26/h7-13,15,23H,5-6,14H2,1-4H3,(H2,27,28,30). The molecule has 2 aromatic carbocycles. The van der Waals surface area contributed by atoms with Crippen LogP contribution >= 0.6 is 0 Å². The van der Waals surface area contributed by atoms with Gasteiger partial charge in [-0.3, -0.25) is 0 Å². The molecule has 0 saturated heterocycles. The number of hydrogen-bond donors (Lipinski definition) is 2. The highest BCUT2D eigenvalue weighted by molar-refractivity contribution is 5.95. The molecule has 1 aliphatic heterocycles. The van der Waals surface area contributed by atoms with Crippen LogP contribution in [-0.4, -0.2) is 24.7 Å². The number of ether oxygens (including phenoxy) is 3. The minimum Gasteiger partial charge on any atom is -0.490 e. The second kappa shape index (κ2) is 10.8. The van der Waals surface area contributed by atoms with Gasteiger partial charge in [0.05, 0.1) is 24.3 Å². The minimum atomic E-state index is -0.722. The van der Waals surface area contributed by atoms with Crippen molar-refractivity contribution in [2.24, 2.45) is 0 Å². The molecule has 1 aliphatic rings. The molecule has 0 radical (unpaired) electrons. The van der Waals surface area contributed by atoms with Gasteiger partial charge in [-0.2, -0.15) is 0 Å². The highest BCUT2D eigenvalue weighted by atomic mass is 19.1. The fourth-order valence-electron chi connectivity index (χ4n) is 3.53. The number of carbonyl (C=O) groups excluding carboxylic acids is 2. The van der Waals surface area contributed by atoms with Gasteiger partial charge in [0.2, 0.25) is 0 Å². The van der Waals surface area contributed by atoms with Gasteiger partial charge < -0.3 is 24.8 Å². The molecule has 0 saturated carbocycles. The molecule has 1 atom stereocenters. The predicted molar refractivity (Wildman–Crippen MR) is 121 cm³/mol. The van der Waals surface area contributed by atoms with Crippen molar-refractivity contribution in [3.8, 4) is 11.5 Å². The molecule has 7 nitrogen and oxygen atoms in total. The zero-order valence-electron chi connectivity index (χ0n) is 19.2. The van der Waals surface area contributed by atoms with Gasteiger partial charge in [-0.05, 0) is 51.0 Å². The van der Waals surface area contributed by atoms with Crippen molar-refractivity contribution < 1.29 is 28.2 Å². The number of benzene rings is 2. The first-order chi connectivity index (χ1) is 15.8. The van der Waals surface area contributed by atoms with E-state index in [9.17, 15) is 14.0 Å². The summed E-state index contributed by atoms with van der Waals surface area (Å²) in [6, 6.07) is 10.4. The lowest BCUT2D eigenvalue weighted by Gasteiger charge is -2.30. The van der Waals surface area contributed by atoms with Crippen LogP contribution in [0.15, 0.2) is 53.7 Å². The smallest absolute Gasteiger partial charge is 0.338 e. The molecule has 8 heteroatoms. The average Bonchev–Trinajstić information content (AvgIpc) is 2.78. The van der Waals surface area contributed by atoms with Crippen LogP contribution in [0.4, 0.5) is 9.18 Å². The van der Waals surface area contributed by atoms with E-state index in [-0.39, 0.29) is 18.5 Å². The lowest BCUT2D eigenvalue weighted by molar-refractivity contribution is -0.143. The monoisotopic (exact) mass is 456 g/mol. The van der Waals surface area contributed by atoms with Crippen LogP contribution in [0.2, 0.25) is 0 Å². The molecule has 1 heterocycles. The second-order valence-electron chi connectivity index (χ2n) is 7.75. The number of esters is 1. The van der Waals surface area contributed by atoms with E-state index in [1.807, 2.05) is 13.8 Å². The first-order valence-corrected chi connectivity index (χ1v) is 11.0. The highest BCUT2D eigenvalue weighted by Gasteiger charge is 2.34. The van der Waals surface area contributed by atoms with Crippen LogP contribution in [-0.2, 0) is 16.1 Å². The van der Waals surface area contributed by atoms with Gasteiger partial charge in [0, 0.05) is 11.3 Å². The fourth-order valence-corrected chi connectivity index (χ4v) is 3.53. The summed E-state index contributed by atoms with van der Waals surface area (Å²) in [5.41, 5.74) is 1.90. The van der Waals surface area contributed by atoms with E-state index < -0.39 is 18.0 Å². The number of halogens is 1. The third kappa shape index (κ3) is 5.83. The van der Waals surface area contributed by atoms with Crippen LogP contribution in [0.1, 0.15) is 51.3 Å². The van der Waals surface area contributed by atoms with Gasteiger partial charge in [-0.25, -0.2) is 14.0 Å². The van der Waals surface area contributed by atoms with Crippen LogP contribution < -0.4 is 20.1 Å². The molecule has 0 spiro atoms. The van der Waals surface area contributed by atoms with Gasteiger partial charge in [0.25, 0.3) is 0 Å². The number of allylic oxidation sites excluding steroid dienone is 1. The summed E-state index contributed by atoms with van der Waals surface area (Å²) in [6.07, 6.45) is 0.142. The lowest BCUT2D eigenvalue weighted by Crippen LogP contribution is -2.46. The Labute approximate surface area is 192 Å². The Morgan fingerprint density at radius 2 is 1.85 bits per heavy atom. The average molecular weight is 457 g/mol. The van der Waals surface area contributed by atoms with Crippen molar-refractivity contribution in [2.45, 2.75) is 52.9 Å². The normalized spacial score (nSPS) is 15.7. The van der Waals surface area contributed by atoms with Gasteiger partial charge >= 0.3 is 12.0 Å². The van der Waals surface area contributed by atoms with Crippen molar-refractivity contribution >= 4 is 12.0 Å². The Morgan fingerprint density at radius 3 is 2.52 bits per heavy atom. The Kier molecular flexibility index (Phi) is 7.92. The molecule has 2 amide bonds. The molecule has 2 aromatic rings. The van der Waals surface area contributed by atoms with E-state index in [1.165, 1.54) is 6.07 Å². The summed E-state index contributed by atoms with van der Waals surface area (Å²) in [7, 11) is 0. The summed E-state index contributed by atoms with van der Waals surface area (Å²) < 4.78 is 31.0. The van der Waals surface area contributed by atoms with Gasteiger partial charge in [0.15, 0.2) is 11.5 Å². The van der Waals surface area contributed by atoms with Crippen LogP contribution in [0, 0.1) is 5.82 Å². The number of rotatable bonds is 9. The maximum atomic E-state index is 14.0.